The van der Waals surface area contributed by atoms with E-state index in [9.17, 15) is 9.90 Å². The molecule has 0 fully saturated rings. The summed E-state index contributed by atoms with van der Waals surface area (Å²) in [5, 5.41) is 12.1. The summed E-state index contributed by atoms with van der Waals surface area (Å²) in [4.78, 5) is 14.3. The molecule has 0 saturated heterocycles. The normalized spacial score (nSPS) is 12.2. The van der Waals surface area contributed by atoms with Gasteiger partial charge in [0.1, 0.15) is 0 Å². The van der Waals surface area contributed by atoms with Crippen molar-refractivity contribution in [1.29, 1.82) is 0 Å². The standard InChI is InChI=1S/C18H22N2O2/c1-14(13-21)20(2)12-15-7-6-8-16(11-15)18(22)19-17-9-4-3-5-10-17/h3-11,14,21H,12-13H2,1-2H3,(H,19,22). The summed E-state index contributed by atoms with van der Waals surface area (Å²) in [6, 6.07) is 17.0. The Balaban J connectivity index is 2.06. The van der Waals surface area contributed by atoms with Crippen LogP contribution >= 0.6 is 0 Å². The van der Waals surface area contributed by atoms with E-state index in [2.05, 4.69) is 5.32 Å². The Labute approximate surface area is 131 Å². The molecule has 2 aromatic rings. The van der Waals surface area contributed by atoms with Crippen LogP contribution in [0.3, 0.4) is 0 Å². The number of hydrogen-bond donors (Lipinski definition) is 2. The molecule has 0 heterocycles. The molecule has 2 aromatic carbocycles. The molecule has 1 unspecified atom stereocenters. The predicted octanol–water partition coefficient (Wildman–Crippen LogP) is 2.75. The van der Waals surface area contributed by atoms with E-state index in [0.29, 0.717) is 12.1 Å². The minimum absolute atomic E-state index is 0.0850. The van der Waals surface area contributed by atoms with Crippen molar-refractivity contribution in [2.24, 2.45) is 0 Å². The minimum atomic E-state index is -0.120. The number of rotatable bonds is 6. The van der Waals surface area contributed by atoms with Crippen LogP contribution in [0.4, 0.5) is 5.69 Å². The van der Waals surface area contributed by atoms with Crippen LogP contribution in [0.25, 0.3) is 0 Å². The van der Waals surface area contributed by atoms with Crippen LogP contribution in [0.2, 0.25) is 0 Å². The number of amides is 1. The first-order valence-electron chi connectivity index (χ1n) is 7.36. The maximum atomic E-state index is 12.3. The highest BCUT2D eigenvalue weighted by Gasteiger charge is 2.10. The topological polar surface area (TPSA) is 52.6 Å². The summed E-state index contributed by atoms with van der Waals surface area (Å²) < 4.78 is 0. The zero-order valence-electron chi connectivity index (χ0n) is 13.0. The fourth-order valence-electron chi connectivity index (χ4n) is 2.12. The van der Waals surface area contributed by atoms with Gasteiger partial charge in [-0.15, -0.1) is 0 Å². The molecule has 2 N–H and O–H groups in total. The highest BCUT2D eigenvalue weighted by molar-refractivity contribution is 6.04. The largest absolute Gasteiger partial charge is 0.395 e. The molecule has 0 spiro atoms. The smallest absolute Gasteiger partial charge is 0.255 e. The molecule has 0 aliphatic heterocycles. The molecular formula is C18H22N2O2. The third-order valence-corrected chi connectivity index (χ3v) is 3.67. The minimum Gasteiger partial charge on any atom is -0.395 e. The first-order valence-corrected chi connectivity index (χ1v) is 7.36. The van der Waals surface area contributed by atoms with E-state index in [1.165, 1.54) is 0 Å². The van der Waals surface area contributed by atoms with Gasteiger partial charge in [0.25, 0.3) is 5.91 Å². The number of hydrogen-bond acceptors (Lipinski definition) is 3. The molecule has 0 saturated carbocycles. The maximum Gasteiger partial charge on any atom is 0.255 e. The molecule has 116 valence electrons. The van der Waals surface area contributed by atoms with Gasteiger partial charge in [0.2, 0.25) is 0 Å². The molecule has 1 amide bonds. The summed E-state index contributed by atoms with van der Waals surface area (Å²) in [5.74, 6) is -0.120. The van der Waals surface area contributed by atoms with Crippen molar-refractivity contribution in [3.63, 3.8) is 0 Å². The Bertz CT molecular complexity index is 613. The van der Waals surface area contributed by atoms with Crippen LogP contribution in [0.1, 0.15) is 22.8 Å². The summed E-state index contributed by atoms with van der Waals surface area (Å²) in [7, 11) is 1.96. The molecule has 0 aliphatic rings. The Kier molecular flexibility index (Phi) is 5.69. The maximum absolute atomic E-state index is 12.3. The molecule has 0 bridgehead atoms. The highest BCUT2D eigenvalue weighted by atomic mass is 16.3. The molecule has 0 aliphatic carbocycles. The molecule has 1 atom stereocenters. The van der Waals surface area contributed by atoms with Crippen LogP contribution < -0.4 is 5.32 Å². The number of carbonyl (C=O) groups excluding carboxylic acids is 1. The molecular weight excluding hydrogens is 276 g/mol. The third-order valence-electron chi connectivity index (χ3n) is 3.67. The number of carbonyl (C=O) groups is 1. The number of anilines is 1. The number of nitrogens with one attached hydrogen (secondary N) is 1. The lowest BCUT2D eigenvalue weighted by Gasteiger charge is -2.22. The van der Waals surface area contributed by atoms with Gasteiger partial charge >= 0.3 is 0 Å². The van der Waals surface area contributed by atoms with Gasteiger partial charge in [0, 0.05) is 23.8 Å². The fraction of sp³-hybridized carbons (Fsp3) is 0.278. The lowest BCUT2D eigenvalue weighted by Crippen LogP contribution is -2.31. The van der Waals surface area contributed by atoms with Crippen molar-refractivity contribution in [3.8, 4) is 0 Å². The van der Waals surface area contributed by atoms with Crippen molar-refractivity contribution in [3.05, 3.63) is 65.7 Å². The lowest BCUT2D eigenvalue weighted by atomic mass is 10.1. The summed E-state index contributed by atoms with van der Waals surface area (Å²) in [6.45, 7) is 2.77. The van der Waals surface area contributed by atoms with E-state index in [1.807, 2.05) is 67.4 Å². The Morgan fingerprint density at radius 3 is 2.59 bits per heavy atom. The Hall–Kier alpha value is -2.17. The Morgan fingerprint density at radius 2 is 1.91 bits per heavy atom. The Morgan fingerprint density at radius 1 is 1.18 bits per heavy atom. The van der Waals surface area contributed by atoms with Gasteiger partial charge in [0.05, 0.1) is 6.61 Å². The molecule has 22 heavy (non-hydrogen) atoms. The van der Waals surface area contributed by atoms with E-state index < -0.39 is 0 Å². The van der Waals surface area contributed by atoms with Crippen LogP contribution in [0, 0.1) is 0 Å². The van der Waals surface area contributed by atoms with Crippen molar-refractivity contribution in [2.45, 2.75) is 19.5 Å². The van der Waals surface area contributed by atoms with Crippen LogP contribution in [-0.4, -0.2) is 35.6 Å². The lowest BCUT2D eigenvalue weighted by molar-refractivity contribution is 0.102. The SMILES string of the molecule is CC(CO)N(C)Cc1cccc(C(=O)Nc2ccccc2)c1. The van der Waals surface area contributed by atoms with Crippen LogP contribution in [0.15, 0.2) is 54.6 Å². The zero-order chi connectivity index (χ0) is 15.9. The molecule has 4 heteroatoms. The summed E-state index contributed by atoms with van der Waals surface area (Å²) in [5.41, 5.74) is 2.46. The van der Waals surface area contributed by atoms with E-state index >= 15 is 0 Å². The van der Waals surface area contributed by atoms with E-state index in [-0.39, 0.29) is 18.6 Å². The number of benzene rings is 2. The quantitative estimate of drug-likeness (QED) is 0.862. The van der Waals surface area contributed by atoms with Gasteiger partial charge in [-0.2, -0.15) is 0 Å². The van der Waals surface area contributed by atoms with E-state index in [0.717, 1.165) is 11.3 Å². The highest BCUT2D eigenvalue weighted by Crippen LogP contribution is 2.12. The second-order valence-electron chi connectivity index (χ2n) is 5.47. The van der Waals surface area contributed by atoms with Crippen LogP contribution in [-0.2, 0) is 6.54 Å². The van der Waals surface area contributed by atoms with E-state index in [4.69, 9.17) is 0 Å². The van der Waals surface area contributed by atoms with Gasteiger partial charge in [-0.25, -0.2) is 0 Å². The van der Waals surface area contributed by atoms with Gasteiger partial charge in [-0.1, -0.05) is 30.3 Å². The van der Waals surface area contributed by atoms with Crippen molar-refractivity contribution in [2.75, 3.05) is 19.0 Å². The van der Waals surface area contributed by atoms with E-state index in [1.54, 1.807) is 6.07 Å². The molecule has 0 radical (unpaired) electrons. The predicted molar refractivity (Wildman–Crippen MR) is 88.9 cm³/mol. The molecule has 0 aromatic heterocycles. The van der Waals surface area contributed by atoms with Crippen molar-refractivity contribution < 1.29 is 9.90 Å². The molecule has 4 nitrogen and oxygen atoms in total. The number of likely N-dealkylation sites (N-methyl/N-ethyl adjacent to an activating group) is 1. The molecule has 2 rings (SSSR count). The number of nitrogens with zero attached hydrogens (tertiary/aromatic N) is 1. The average Bonchev–Trinajstić information content (AvgIpc) is 2.55. The first kappa shape index (κ1) is 16.2. The third kappa shape index (κ3) is 4.41. The number of aliphatic hydroxyl groups excluding tert-OH is 1. The van der Waals surface area contributed by atoms with Crippen LogP contribution in [0.5, 0.6) is 0 Å². The fourth-order valence-corrected chi connectivity index (χ4v) is 2.12. The second-order valence-corrected chi connectivity index (χ2v) is 5.47. The van der Waals surface area contributed by atoms with Crippen molar-refractivity contribution >= 4 is 11.6 Å². The van der Waals surface area contributed by atoms with Gasteiger partial charge in [-0.3, -0.25) is 9.69 Å². The average molecular weight is 298 g/mol. The number of para-hydroxylation sites is 1. The zero-order valence-corrected chi connectivity index (χ0v) is 13.0. The first-order chi connectivity index (χ1) is 10.6. The summed E-state index contributed by atoms with van der Waals surface area (Å²) in [6.07, 6.45) is 0. The summed E-state index contributed by atoms with van der Waals surface area (Å²) >= 11 is 0. The second kappa shape index (κ2) is 7.73. The van der Waals surface area contributed by atoms with Crippen molar-refractivity contribution in [1.82, 2.24) is 4.90 Å². The van der Waals surface area contributed by atoms with Gasteiger partial charge < -0.3 is 10.4 Å². The van der Waals surface area contributed by atoms with Gasteiger partial charge in [-0.05, 0) is 43.8 Å². The monoisotopic (exact) mass is 298 g/mol. The van der Waals surface area contributed by atoms with Gasteiger partial charge in [0.15, 0.2) is 0 Å². The number of aliphatic hydroxyl groups is 1.